The van der Waals surface area contributed by atoms with Crippen molar-refractivity contribution in [1.82, 2.24) is 4.98 Å². The second-order valence-corrected chi connectivity index (χ2v) is 2.87. The van der Waals surface area contributed by atoms with Crippen molar-refractivity contribution in [2.24, 2.45) is 0 Å². The molecular weight excluding hydrogens is 235 g/mol. The highest BCUT2D eigenvalue weighted by atomic mass is 79.9. The van der Waals surface area contributed by atoms with Crippen LogP contribution in [0.1, 0.15) is 0 Å². The molecule has 58 valence electrons. The number of rotatable bonds is 1. The first kappa shape index (κ1) is 8.42. The molecule has 1 heterocycles. The van der Waals surface area contributed by atoms with Gasteiger partial charge in [-0.15, -0.1) is 0 Å². The Hall–Kier alpha value is -0.680. The van der Waals surface area contributed by atoms with Crippen molar-refractivity contribution in [1.29, 1.82) is 0 Å². The van der Waals surface area contributed by atoms with E-state index in [0.717, 1.165) is 0 Å². The summed E-state index contributed by atoms with van der Waals surface area (Å²) < 4.78 is 0.480. The van der Waals surface area contributed by atoms with E-state index >= 15 is 0 Å². The highest BCUT2D eigenvalue weighted by Crippen LogP contribution is 2.23. The second-order valence-electron chi connectivity index (χ2n) is 1.70. The molecule has 0 bridgehead atoms. The van der Waals surface area contributed by atoms with Crippen LogP contribution < -0.4 is 0 Å². The lowest BCUT2D eigenvalue weighted by Gasteiger charge is -1.92. The Morgan fingerprint density at radius 2 is 2.27 bits per heavy atom. The Morgan fingerprint density at radius 1 is 1.64 bits per heavy atom. The van der Waals surface area contributed by atoms with Crippen molar-refractivity contribution in [3.8, 4) is 0 Å². The van der Waals surface area contributed by atoms with E-state index in [0.29, 0.717) is 4.60 Å². The van der Waals surface area contributed by atoms with Crippen molar-refractivity contribution in [2.45, 2.75) is 0 Å². The molecule has 0 aromatic carbocycles. The molecule has 0 aliphatic heterocycles. The number of halogens is 2. The van der Waals surface area contributed by atoms with Crippen LogP contribution in [0.2, 0.25) is 5.15 Å². The van der Waals surface area contributed by atoms with E-state index < -0.39 is 4.92 Å². The molecule has 0 atom stereocenters. The first-order valence-corrected chi connectivity index (χ1v) is 3.75. The number of hydrogen-bond donors (Lipinski definition) is 0. The molecule has 0 aliphatic carbocycles. The lowest BCUT2D eigenvalue weighted by molar-refractivity contribution is -0.385. The van der Waals surface area contributed by atoms with Gasteiger partial charge in [0.15, 0.2) is 0 Å². The highest BCUT2D eigenvalue weighted by Gasteiger charge is 2.12. The average Bonchev–Trinajstić information content (AvgIpc) is 1.85. The van der Waals surface area contributed by atoms with Gasteiger partial charge in [-0.05, 0) is 22.0 Å². The largest absolute Gasteiger partial charge is 0.306 e. The Labute approximate surface area is 75.5 Å². The van der Waals surface area contributed by atoms with Gasteiger partial charge in [-0.25, -0.2) is 4.98 Å². The van der Waals surface area contributed by atoms with Crippen LogP contribution in [0.15, 0.2) is 16.7 Å². The van der Waals surface area contributed by atoms with E-state index in [1.54, 1.807) is 0 Å². The van der Waals surface area contributed by atoms with Gasteiger partial charge < -0.3 is 0 Å². The average molecular weight is 237 g/mol. The van der Waals surface area contributed by atoms with Gasteiger partial charge in [0.25, 0.3) is 0 Å². The molecule has 1 aromatic rings. The summed E-state index contributed by atoms with van der Waals surface area (Å²) in [5.74, 6) is 0. The molecule has 4 nitrogen and oxygen atoms in total. The molecule has 0 saturated carbocycles. The van der Waals surface area contributed by atoms with Crippen LogP contribution in [-0.2, 0) is 0 Å². The standard InChI is InChI=1S/C5H2BrClN2O2/c6-4-2-1-3(9(10)11)5(7)8-4/h1-2H. The zero-order valence-corrected chi connectivity index (χ0v) is 7.46. The maximum absolute atomic E-state index is 10.2. The van der Waals surface area contributed by atoms with Gasteiger partial charge in [0, 0.05) is 6.07 Å². The van der Waals surface area contributed by atoms with E-state index in [-0.39, 0.29) is 10.8 Å². The minimum atomic E-state index is -0.582. The van der Waals surface area contributed by atoms with E-state index in [1.165, 1.54) is 12.1 Å². The van der Waals surface area contributed by atoms with Gasteiger partial charge in [0.05, 0.1) is 4.92 Å². The monoisotopic (exact) mass is 236 g/mol. The number of pyridine rings is 1. The molecule has 0 aliphatic rings. The zero-order chi connectivity index (χ0) is 8.43. The first-order chi connectivity index (χ1) is 5.11. The molecule has 11 heavy (non-hydrogen) atoms. The predicted octanol–water partition coefficient (Wildman–Crippen LogP) is 2.41. The molecule has 1 aromatic heterocycles. The molecule has 0 amide bonds. The van der Waals surface area contributed by atoms with Crippen molar-refractivity contribution in [3.05, 3.63) is 32.0 Å². The van der Waals surface area contributed by atoms with Gasteiger partial charge in [-0.2, -0.15) is 0 Å². The Bertz CT molecular complexity index is 305. The minimum absolute atomic E-state index is 0.107. The maximum Gasteiger partial charge on any atom is 0.306 e. The summed E-state index contributed by atoms with van der Waals surface area (Å²) in [7, 11) is 0. The van der Waals surface area contributed by atoms with Crippen LogP contribution in [0.25, 0.3) is 0 Å². The summed E-state index contributed by atoms with van der Waals surface area (Å²) in [6.45, 7) is 0. The zero-order valence-electron chi connectivity index (χ0n) is 5.12. The highest BCUT2D eigenvalue weighted by molar-refractivity contribution is 9.10. The fraction of sp³-hybridized carbons (Fsp3) is 0. The predicted molar refractivity (Wildman–Crippen MR) is 43.6 cm³/mol. The quantitative estimate of drug-likeness (QED) is 0.428. The topological polar surface area (TPSA) is 56.0 Å². The third kappa shape index (κ3) is 1.87. The maximum atomic E-state index is 10.2. The van der Waals surface area contributed by atoms with E-state index in [2.05, 4.69) is 20.9 Å². The van der Waals surface area contributed by atoms with Crippen LogP contribution in [0.4, 0.5) is 5.69 Å². The Kier molecular flexibility index (Phi) is 2.41. The summed E-state index contributed by atoms with van der Waals surface area (Å²) >= 11 is 8.47. The van der Waals surface area contributed by atoms with Crippen LogP contribution in [0.5, 0.6) is 0 Å². The third-order valence-corrected chi connectivity index (χ3v) is 1.71. The van der Waals surface area contributed by atoms with Crippen LogP contribution in [0, 0.1) is 10.1 Å². The van der Waals surface area contributed by atoms with Crippen LogP contribution in [-0.4, -0.2) is 9.91 Å². The third-order valence-electron chi connectivity index (χ3n) is 0.992. The summed E-state index contributed by atoms with van der Waals surface area (Å²) in [4.78, 5) is 13.3. The molecule has 0 radical (unpaired) electrons. The first-order valence-electron chi connectivity index (χ1n) is 2.57. The van der Waals surface area contributed by atoms with E-state index in [9.17, 15) is 10.1 Å². The molecule has 0 saturated heterocycles. The van der Waals surface area contributed by atoms with Gasteiger partial charge in [0.1, 0.15) is 4.60 Å². The van der Waals surface area contributed by atoms with E-state index in [1.807, 2.05) is 0 Å². The minimum Gasteiger partial charge on any atom is -0.258 e. The Morgan fingerprint density at radius 3 is 2.73 bits per heavy atom. The molecule has 0 spiro atoms. The SMILES string of the molecule is O=[N+]([O-])c1ccc(Br)nc1Cl. The molecule has 1 rings (SSSR count). The van der Waals surface area contributed by atoms with Crippen molar-refractivity contribution < 1.29 is 4.92 Å². The fourth-order valence-corrected chi connectivity index (χ4v) is 1.18. The summed E-state index contributed by atoms with van der Waals surface area (Å²) in [6, 6.07) is 2.75. The molecule has 0 N–H and O–H groups in total. The summed E-state index contributed by atoms with van der Waals surface area (Å²) in [5.41, 5.74) is -0.185. The number of nitrogens with zero attached hydrogens (tertiary/aromatic N) is 2. The molecular formula is C5H2BrClN2O2. The van der Waals surface area contributed by atoms with Crippen LogP contribution in [0.3, 0.4) is 0 Å². The second kappa shape index (κ2) is 3.15. The molecule has 0 fully saturated rings. The number of hydrogen-bond acceptors (Lipinski definition) is 3. The van der Waals surface area contributed by atoms with Crippen molar-refractivity contribution in [3.63, 3.8) is 0 Å². The number of aromatic nitrogens is 1. The number of nitro groups is 1. The smallest absolute Gasteiger partial charge is 0.258 e. The van der Waals surface area contributed by atoms with Crippen molar-refractivity contribution >= 4 is 33.2 Å². The molecule has 6 heteroatoms. The summed E-state index contributed by atoms with van der Waals surface area (Å²) in [5, 5.41) is 10.1. The Balaban J connectivity index is 3.20. The van der Waals surface area contributed by atoms with Crippen molar-refractivity contribution in [2.75, 3.05) is 0 Å². The van der Waals surface area contributed by atoms with Gasteiger partial charge in [0.2, 0.25) is 5.15 Å². The van der Waals surface area contributed by atoms with Crippen LogP contribution >= 0.6 is 27.5 Å². The molecule has 0 unspecified atom stereocenters. The van der Waals surface area contributed by atoms with Gasteiger partial charge in [-0.1, -0.05) is 11.6 Å². The normalized spacial score (nSPS) is 9.64. The fourth-order valence-electron chi connectivity index (χ4n) is 0.541. The van der Waals surface area contributed by atoms with Gasteiger partial charge in [-0.3, -0.25) is 10.1 Å². The lowest BCUT2D eigenvalue weighted by Crippen LogP contribution is -1.90. The van der Waals surface area contributed by atoms with Gasteiger partial charge >= 0.3 is 5.69 Å². The van der Waals surface area contributed by atoms with E-state index in [4.69, 9.17) is 11.6 Å². The summed E-state index contributed by atoms with van der Waals surface area (Å²) in [6.07, 6.45) is 0. The lowest BCUT2D eigenvalue weighted by atomic mass is 10.4.